The van der Waals surface area contributed by atoms with Crippen molar-refractivity contribution in [1.29, 1.82) is 0 Å². The van der Waals surface area contributed by atoms with Crippen LogP contribution in [0, 0.1) is 4.91 Å². The standard InChI is InChI=1S/C8H15N3O2/c1-6-4-10(8(3)12)5-7(2)11(6)9-13/h6-7H,4-5H2,1-3H3. The van der Waals surface area contributed by atoms with Crippen LogP contribution in [0.2, 0.25) is 0 Å². The smallest absolute Gasteiger partial charge is 0.219 e. The number of rotatable bonds is 1. The maximum Gasteiger partial charge on any atom is 0.219 e. The van der Waals surface area contributed by atoms with Crippen LogP contribution in [-0.4, -0.2) is 41.0 Å². The Morgan fingerprint density at radius 3 is 2.08 bits per heavy atom. The zero-order valence-electron chi connectivity index (χ0n) is 8.23. The Morgan fingerprint density at radius 1 is 1.31 bits per heavy atom. The van der Waals surface area contributed by atoms with Crippen LogP contribution in [0.5, 0.6) is 0 Å². The van der Waals surface area contributed by atoms with Crippen LogP contribution in [0.1, 0.15) is 20.8 Å². The molecule has 0 spiro atoms. The highest BCUT2D eigenvalue weighted by Gasteiger charge is 2.30. The quantitative estimate of drug-likeness (QED) is 0.562. The van der Waals surface area contributed by atoms with Crippen molar-refractivity contribution >= 4 is 5.91 Å². The average molecular weight is 185 g/mol. The van der Waals surface area contributed by atoms with Gasteiger partial charge in [-0.15, -0.1) is 4.91 Å². The average Bonchev–Trinajstić information content (AvgIpc) is 2.03. The maximum atomic E-state index is 11.1. The number of nitroso groups, excluding NO2 is 1. The Morgan fingerprint density at radius 2 is 1.77 bits per heavy atom. The van der Waals surface area contributed by atoms with Crippen LogP contribution in [0.4, 0.5) is 0 Å². The summed E-state index contributed by atoms with van der Waals surface area (Å²) in [7, 11) is 0. The normalized spacial score (nSPS) is 28.8. The van der Waals surface area contributed by atoms with E-state index in [2.05, 4.69) is 5.29 Å². The van der Waals surface area contributed by atoms with Crippen molar-refractivity contribution in [2.24, 2.45) is 5.29 Å². The molecule has 0 aromatic rings. The van der Waals surface area contributed by atoms with Crippen LogP contribution in [0.25, 0.3) is 0 Å². The summed E-state index contributed by atoms with van der Waals surface area (Å²) in [5.74, 6) is 0.0595. The number of piperazine rings is 1. The van der Waals surface area contributed by atoms with Gasteiger partial charge in [-0.25, -0.2) is 0 Å². The molecule has 0 saturated carbocycles. The largest absolute Gasteiger partial charge is 0.339 e. The molecule has 74 valence electrons. The minimum Gasteiger partial charge on any atom is -0.339 e. The summed E-state index contributed by atoms with van der Waals surface area (Å²) in [5, 5.41) is 4.46. The molecule has 1 aliphatic heterocycles. The number of hydrogen-bond acceptors (Lipinski definition) is 3. The van der Waals surface area contributed by atoms with E-state index in [1.54, 1.807) is 11.8 Å². The first-order chi connectivity index (χ1) is 6.06. The van der Waals surface area contributed by atoms with Crippen molar-refractivity contribution in [3.63, 3.8) is 0 Å². The molecule has 1 heterocycles. The van der Waals surface area contributed by atoms with Gasteiger partial charge in [-0.3, -0.25) is 9.80 Å². The second kappa shape index (κ2) is 3.72. The van der Waals surface area contributed by atoms with Gasteiger partial charge in [0.15, 0.2) is 0 Å². The maximum absolute atomic E-state index is 11.1. The zero-order valence-corrected chi connectivity index (χ0v) is 8.23. The summed E-state index contributed by atoms with van der Waals surface area (Å²) in [6, 6.07) is 0.0373. The van der Waals surface area contributed by atoms with Gasteiger partial charge in [0.2, 0.25) is 5.91 Å². The minimum absolute atomic E-state index is 0.0187. The van der Waals surface area contributed by atoms with Gasteiger partial charge in [-0.05, 0) is 13.8 Å². The molecule has 1 amide bonds. The monoisotopic (exact) mass is 185 g/mol. The van der Waals surface area contributed by atoms with Gasteiger partial charge in [0.05, 0.1) is 17.4 Å². The third-order valence-corrected chi connectivity index (χ3v) is 2.41. The number of carbonyl (C=O) groups is 1. The molecule has 0 bridgehead atoms. The summed E-state index contributed by atoms with van der Waals surface area (Å²) in [5.41, 5.74) is 0. The fourth-order valence-corrected chi connectivity index (χ4v) is 1.73. The Labute approximate surface area is 77.6 Å². The van der Waals surface area contributed by atoms with E-state index in [0.29, 0.717) is 13.1 Å². The molecule has 1 aliphatic rings. The first kappa shape index (κ1) is 9.95. The second-order valence-electron chi connectivity index (χ2n) is 3.58. The lowest BCUT2D eigenvalue weighted by Crippen LogP contribution is -2.55. The molecule has 0 aliphatic carbocycles. The van der Waals surface area contributed by atoms with Crippen LogP contribution >= 0.6 is 0 Å². The van der Waals surface area contributed by atoms with Crippen LogP contribution in [0.15, 0.2) is 5.29 Å². The van der Waals surface area contributed by atoms with Crippen molar-refractivity contribution in [2.45, 2.75) is 32.9 Å². The Balaban J connectivity index is 2.66. The molecular formula is C8H15N3O2. The van der Waals surface area contributed by atoms with Crippen molar-refractivity contribution in [1.82, 2.24) is 9.91 Å². The molecule has 1 fully saturated rings. The van der Waals surface area contributed by atoms with Gasteiger partial charge in [0, 0.05) is 20.0 Å². The van der Waals surface area contributed by atoms with Crippen molar-refractivity contribution in [3.8, 4) is 0 Å². The fourth-order valence-electron chi connectivity index (χ4n) is 1.73. The summed E-state index contributed by atoms with van der Waals surface area (Å²) < 4.78 is 0. The molecule has 0 aromatic heterocycles. The molecule has 5 heteroatoms. The van der Waals surface area contributed by atoms with Gasteiger partial charge in [0.1, 0.15) is 0 Å². The highest BCUT2D eigenvalue weighted by atomic mass is 16.3. The topological polar surface area (TPSA) is 53.0 Å². The molecule has 1 rings (SSSR count). The summed E-state index contributed by atoms with van der Waals surface area (Å²) in [6.45, 7) is 6.51. The zero-order chi connectivity index (χ0) is 10.0. The third-order valence-electron chi connectivity index (χ3n) is 2.41. The fraction of sp³-hybridized carbons (Fsp3) is 0.875. The van der Waals surface area contributed by atoms with Crippen molar-refractivity contribution in [2.75, 3.05) is 13.1 Å². The molecule has 0 N–H and O–H groups in total. The highest BCUT2D eigenvalue weighted by molar-refractivity contribution is 5.73. The summed E-state index contributed by atoms with van der Waals surface area (Å²) >= 11 is 0. The van der Waals surface area contributed by atoms with E-state index in [1.165, 1.54) is 5.01 Å². The Kier molecular flexibility index (Phi) is 2.85. The van der Waals surface area contributed by atoms with Crippen LogP contribution < -0.4 is 0 Å². The predicted molar refractivity (Wildman–Crippen MR) is 48.8 cm³/mol. The van der Waals surface area contributed by atoms with Crippen LogP contribution in [0.3, 0.4) is 0 Å². The van der Waals surface area contributed by atoms with Crippen molar-refractivity contribution < 1.29 is 4.79 Å². The molecule has 2 unspecified atom stereocenters. The van der Waals surface area contributed by atoms with Crippen LogP contribution in [-0.2, 0) is 4.79 Å². The third kappa shape index (κ3) is 1.96. The SMILES string of the molecule is CC(=O)N1CC(C)N(N=O)C(C)C1. The predicted octanol–water partition coefficient (Wildman–Crippen LogP) is 0.609. The summed E-state index contributed by atoms with van der Waals surface area (Å²) in [6.07, 6.45) is 0. The first-order valence-corrected chi connectivity index (χ1v) is 4.43. The van der Waals surface area contributed by atoms with E-state index in [1.807, 2.05) is 13.8 Å². The van der Waals surface area contributed by atoms with E-state index < -0.39 is 0 Å². The summed E-state index contributed by atoms with van der Waals surface area (Å²) in [4.78, 5) is 23.3. The van der Waals surface area contributed by atoms with E-state index >= 15 is 0 Å². The molecule has 0 radical (unpaired) electrons. The van der Waals surface area contributed by atoms with Gasteiger partial charge in [-0.1, -0.05) is 0 Å². The molecule has 5 nitrogen and oxygen atoms in total. The van der Waals surface area contributed by atoms with Gasteiger partial charge in [-0.2, -0.15) is 0 Å². The lowest BCUT2D eigenvalue weighted by molar-refractivity contribution is -0.133. The molecular weight excluding hydrogens is 170 g/mol. The van der Waals surface area contributed by atoms with Gasteiger partial charge < -0.3 is 4.90 Å². The van der Waals surface area contributed by atoms with Gasteiger partial charge >= 0.3 is 0 Å². The van der Waals surface area contributed by atoms with E-state index in [-0.39, 0.29) is 18.0 Å². The van der Waals surface area contributed by atoms with E-state index in [0.717, 1.165) is 0 Å². The molecule has 1 saturated heterocycles. The molecule has 13 heavy (non-hydrogen) atoms. The Hall–Kier alpha value is -1.13. The number of amides is 1. The van der Waals surface area contributed by atoms with E-state index in [9.17, 15) is 9.70 Å². The number of hydrogen-bond donors (Lipinski definition) is 0. The molecule has 0 aromatic carbocycles. The minimum atomic E-state index is 0.0187. The van der Waals surface area contributed by atoms with E-state index in [4.69, 9.17) is 0 Å². The second-order valence-corrected chi connectivity index (χ2v) is 3.58. The Bertz CT molecular complexity index is 207. The number of nitrogens with zero attached hydrogens (tertiary/aromatic N) is 3. The lowest BCUT2D eigenvalue weighted by Gasteiger charge is -2.40. The first-order valence-electron chi connectivity index (χ1n) is 4.43. The van der Waals surface area contributed by atoms with Gasteiger partial charge in [0.25, 0.3) is 0 Å². The number of carbonyl (C=O) groups excluding carboxylic acids is 1. The highest BCUT2D eigenvalue weighted by Crippen LogP contribution is 2.15. The molecule has 2 atom stereocenters. The van der Waals surface area contributed by atoms with Crippen molar-refractivity contribution in [3.05, 3.63) is 4.91 Å². The lowest BCUT2D eigenvalue weighted by atomic mass is 10.1.